The van der Waals surface area contributed by atoms with E-state index < -0.39 is 12.0 Å². The fourth-order valence-electron chi connectivity index (χ4n) is 2.35. The molecule has 8 heteroatoms. The van der Waals surface area contributed by atoms with Crippen molar-refractivity contribution in [3.05, 3.63) is 60.4 Å². The second-order valence-corrected chi connectivity index (χ2v) is 6.17. The Kier molecular flexibility index (Phi) is 3.42. The summed E-state index contributed by atoms with van der Waals surface area (Å²) in [6.45, 7) is 0. The summed E-state index contributed by atoms with van der Waals surface area (Å²) in [6.07, 6.45) is -4.60. The highest BCUT2D eigenvalue weighted by atomic mass is 32.2. The van der Waals surface area contributed by atoms with Gasteiger partial charge < -0.3 is 0 Å². The van der Waals surface area contributed by atoms with Crippen LogP contribution >= 0.6 is 11.8 Å². The van der Waals surface area contributed by atoms with Gasteiger partial charge in [0.2, 0.25) is 0 Å². The molecule has 2 aromatic carbocycles. The first-order valence-electron chi connectivity index (χ1n) is 6.97. The van der Waals surface area contributed by atoms with Crippen molar-refractivity contribution in [1.29, 1.82) is 0 Å². The second-order valence-electron chi connectivity index (χ2n) is 5.07. The average molecular weight is 346 g/mol. The van der Waals surface area contributed by atoms with E-state index in [0.717, 1.165) is 20.2 Å². The lowest BCUT2D eigenvalue weighted by Gasteiger charge is -2.06. The number of hydrogen-bond donors (Lipinski definition) is 0. The zero-order chi connectivity index (χ0) is 16.7. The topological polar surface area (TPSA) is 43.1 Å². The Morgan fingerprint density at radius 3 is 2.46 bits per heavy atom. The third-order valence-electron chi connectivity index (χ3n) is 3.44. The number of hydrogen-bond acceptors (Lipinski definition) is 4. The lowest BCUT2D eigenvalue weighted by atomic mass is 10.1. The van der Waals surface area contributed by atoms with E-state index in [1.165, 1.54) is 17.8 Å². The van der Waals surface area contributed by atoms with Crippen LogP contribution in [0.15, 0.2) is 64.5 Å². The van der Waals surface area contributed by atoms with Crippen LogP contribution in [0.25, 0.3) is 16.4 Å². The fourth-order valence-corrected chi connectivity index (χ4v) is 3.18. The molecular weight excluding hydrogens is 337 g/mol. The van der Waals surface area contributed by atoms with Crippen molar-refractivity contribution in [1.82, 2.24) is 19.8 Å². The molecule has 24 heavy (non-hydrogen) atoms. The van der Waals surface area contributed by atoms with E-state index >= 15 is 0 Å². The molecule has 4 rings (SSSR count). The highest BCUT2D eigenvalue weighted by molar-refractivity contribution is 7.99. The SMILES string of the molecule is FC(F)(F)c1nnc2ccc(Sc3ccc4ccccc4c3)nn12. The van der Waals surface area contributed by atoms with E-state index in [0.29, 0.717) is 5.03 Å². The van der Waals surface area contributed by atoms with Crippen LogP contribution in [0.1, 0.15) is 5.82 Å². The molecule has 0 N–H and O–H groups in total. The van der Waals surface area contributed by atoms with Crippen LogP contribution < -0.4 is 0 Å². The van der Waals surface area contributed by atoms with Crippen LogP contribution in [0, 0.1) is 0 Å². The van der Waals surface area contributed by atoms with Gasteiger partial charge in [0.15, 0.2) is 5.65 Å². The van der Waals surface area contributed by atoms with Crippen LogP contribution in [0.5, 0.6) is 0 Å². The highest BCUT2D eigenvalue weighted by Crippen LogP contribution is 2.31. The first kappa shape index (κ1) is 14.9. The molecular formula is C16H9F3N4S. The number of benzene rings is 2. The number of nitrogens with zero attached hydrogens (tertiary/aromatic N) is 4. The molecule has 120 valence electrons. The third kappa shape index (κ3) is 2.69. The molecule has 2 aromatic heterocycles. The number of alkyl halides is 3. The van der Waals surface area contributed by atoms with Crippen molar-refractivity contribution < 1.29 is 13.2 Å². The van der Waals surface area contributed by atoms with Gasteiger partial charge in [-0.3, -0.25) is 0 Å². The van der Waals surface area contributed by atoms with Crippen molar-refractivity contribution in [2.45, 2.75) is 16.1 Å². The molecule has 0 fully saturated rings. The summed E-state index contributed by atoms with van der Waals surface area (Å²) >= 11 is 1.29. The smallest absolute Gasteiger partial charge is 0.188 e. The van der Waals surface area contributed by atoms with Gasteiger partial charge in [-0.2, -0.15) is 22.8 Å². The maximum absolute atomic E-state index is 12.9. The highest BCUT2D eigenvalue weighted by Gasteiger charge is 2.37. The molecule has 0 saturated carbocycles. The second kappa shape index (κ2) is 5.48. The first-order valence-corrected chi connectivity index (χ1v) is 7.79. The van der Waals surface area contributed by atoms with Crippen LogP contribution in [-0.2, 0) is 6.18 Å². The molecule has 0 saturated heterocycles. The predicted octanol–water partition coefficient (Wildman–Crippen LogP) is 4.45. The Balaban J connectivity index is 1.73. The minimum absolute atomic E-state index is 0.0604. The summed E-state index contributed by atoms with van der Waals surface area (Å²) < 4.78 is 39.5. The zero-order valence-electron chi connectivity index (χ0n) is 12.0. The average Bonchev–Trinajstić information content (AvgIpc) is 2.98. The molecule has 0 aliphatic rings. The number of rotatable bonds is 2. The van der Waals surface area contributed by atoms with E-state index in [-0.39, 0.29) is 5.65 Å². The molecule has 4 aromatic rings. The van der Waals surface area contributed by atoms with Crippen molar-refractivity contribution >= 4 is 28.2 Å². The monoisotopic (exact) mass is 346 g/mol. The molecule has 0 aliphatic heterocycles. The van der Waals surface area contributed by atoms with E-state index in [1.54, 1.807) is 6.07 Å². The van der Waals surface area contributed by atoms with E-state index in [4.69, 9.17) is 0 Å². The molecule has 0 radical (unpaired) electrons. The number of fused-ring (bicyclic) bond motifs is 2. The van der Waals surface area contributed by atoms with Gasteiger partial charge in [-0.1, -0.05) is 42.1 Å². The van der Waals surface area contributed by atoms with E-state index in [1.807, 2.05) is 42.5 Å². The Morgan fingerprint density at radius 1 is 0.875 bits per heavy atom. The Bertz CT molecular complexity index is 1040. The Morgan fingerprint density at radius 2 is 1.67 bits per heavy atom. The van der Waals surface area contributed by atoms with Gasteiger partial charge in [-0.05, 0) is 35.0 Å². The molecule has 0 bridgehead atoms. The van der Waals surface area contributed by atoms with Gasteiger partial charge in [-0.25, -0.2) is 0 Å². The summed E-state index contributed by atoms with van der Waals surface area (Å²) in [5.41, 5.74) is 0.0604. The van der Waals surface area contributed by atoms with Gasteiger partial charge in [0, 0.05) is 4.90 Å². The molecule has 4 nitrogen and oxygen atoms in total. The molecule has 0 amide bonds. The van der Waals surface area contributed by atoms with Gasteiger partial charge in [0.25, 0.3) is 5.82 Å². The first-order chi connectivity index (χ1) is 11.5. The quantitative estimate of drug-likeness (QED) is 0.538. The van der Waals surface area contributed by atoms with Crippen molar-refractivity contribution in [3.63, 3.8) is 0 Å². The standard InChI is InChI=1S/C16H9F3N4S/c17-16(18,19)15-21-20-13-7-8-14(22-23(13)15)24-12-6-5-10-3-1-2-4-11(10)9-12/h1-9H. The van der Waals surface area contributed by atoms with Crippen LogP contribution in [0.2, 0.25) is 0 Å². The van der Waals surface area contributed by atoms with Crippen LogP contribution in [0.4, 0.5) is 13.2 Å². The molecule has 0 spiro atoms. The van der Waals surface area contributed by atoms with Gasteiger partial charge in [-0.15, -0.1) is 10.2 Å². The summed E-state index contributed by atoms with van der Waals surface area (Å²) in [4.78, 5) is 0.891. The summed E-state index contributed by atoms with van der Waals surface area (Å²) in [5, 5.41) is 13.3. The molecule has 0 atom stereocenters. The fraction of sp³-hybridized carbons (Fsp3) is 0.0625. The minimum Gasteiger partial charge on any atom is -0.188 e. The van der Waals surface area contributed by atoms with Gasteiger partial charge >= 0.3 is 6.18 Å². The summed E-state index contributed by atoms with van der Waals surface area (Å²) in [5.74, 6) is -1.13. The minimum atomic E-state index is -4.60. The van der Waals surface area contributed by atoms with Crippen LogP contribution in [0.3, 0.4) is 0 Å². The Hall–Kier alpha value is -2.61. The van der Waals surface area contributed by atoms with E-state index in [9.17, 15) is 13.2 Å². The van der Waals surface area contributed by atoms with Crippen molar-refractivity contribution in [2.75, 3.05) is 0 Å². The van der Waals surface area contributed by atoms with Crippen molar-refractivity contribution in [2.24, 2.45) is 0 Å². The summed E-state index contributed by atoms with van der Waals surface area (Å²) in [7, 11) is 0. The van der Waals surface area contributed by atoms with Crippen molar-refractivity contribution in [3.8, 4) is 0 Å². The molecule has 0 aliphatic carbocycles. The normalized spacial score (nSPS) is 12.1. The maximum Gasteiger partial charge on any atom is 0.453 e. The molecule has 0 unspecified atom stereocenters. The van der Waals surface area contributed by atoms with Gasteiger partial charge in [0.1, 0.15) is 5.03 Å². The lowest BCUT2D eigenvalue weighted by molar-refractivity contribution is -0.146. The van der Waals surface area contributed by atoms with Crippen LogP contribution in [-0.4, -0.2) is 19.8 Å². The van der Waals surface area contributed by atoms with Gasteiger partial charge in [0.05, 0.1) is 0 Å². The predicted molar refractivity (Wildman–Crippen MR) is 83.9 cm³/mol. The zero-order valence-corrected chi connectivity index (χ0v) is 12.8. The van der Waals surface area contributed by atoms with E-state index in [2.05, 4.69) is 15.3 Å². The number of aromatic nitrogens is 4. The summed E-state index contributed by atoms with van der Waals surface area (Å²) in [6, 6.07) is 16.8. The lowest BCUT2D eigenvalue weighted by Crippen LogP contribution is -2.12. The third-order valence-corrected chi connectivity index (χ3v) is 4.35. The maximum atomic E-state index is 12.9. The molecule has 2 heterocycles. The Labute approximate surface area is 138 Å². The largest absolute Gasteiger partial charge is 0.453 e. The number of halogens is 3.